The molecule has 5 rings (SSSR count). The van der Waals surface area contributed by atoms with Crippen molar-refractivity contribution in [2.24, 2.45) is 0 Å². The smallest absolute Gasteiger partial charge is 0.169 e. The number of anilines is 2. The molecule has 36 heavy (non-hydrogen) atoms. The van der Waals surface area contributed by atoms with E-state index in [4.69, 9.17) is 16.2 Å². The SMILES string of the molecule is CCc1ccc(C(c2cc3cc(N)ccc3c(N)n2)c2ncc(-c3ccccc3F)[nH]2)c(F)c1OC. The van der Waals surface area contributed by atoms with Gasteiger partial charge in [0.25, 0.3) is 0 Å². The Kier molecular flexibility index (Phi) is 6.01. The maximum atomic E-state index is 15.9. The highest BCUT2D eigenvalue weighted by Gasteiger charge is 2.28. The van der Waals surface area contributed by atoms with E-state index in [2.05, 4.69) is 15.0 Å². The van der Waals surface area contributed by atoms with Crippen LogP contribution in [-0.2, 0) is 6.42 Å². The van der Waals surface area contributed by atoms with E-state index in [-0.39, 0.29) is 11.6 Å². The first-order valence-electron chi connectivity index (χ1n) is 11.5. The van der Waals surface area contributed by atoms with Gasteiger partial charge >= 0.3 is 0 Å². The fourth-order valence-corrected chi connectivity index (χ4v) is 4.55. The number of pyridine rings is 1. The van der Waals surface area contributed by atoms with E-state index in [0.717, 1.165) is 16.3 Å². The van der Waals surface area contributed by atoms with Crippen LogP contribution in [0.2, 0.25) is 0 Å². The number of halogens is 2. The molecule has 2 aromatic heterocycles. The van der Waals surface area contributed by atoms with Crippen LogP contribution in [0.25, 0.3) is 22.0 Å². The third-order valence-corrected chi connectivity index (χ3v) is 6.34. The number of methoxy groups -OCH3 is 1. The standard InChI is InChI=1S/C28H25F2N5O/c1-3-15-8-10-20(25(30)26(15)36-2)24(22-13-16-12-17(31)9-11-18(16)27(32)34-22)28-33-14-23(35-28)19-6-4-5-7-21(19)29/h4-14,24H,3,31H2,1-2H3,(H2,32,34)(H,33,35). The first-order chi connectivity index (χ1) is 17.4. The molecule has 2 heterocycles. The zero-order chi connectivity index (χ0) is 25.4. The first kappa shape index (κ1) is 23.3. The topological polar surface area (TPSA) is 103 Å². The van der Waals surface area contributed by atoms with Crippen molar-refractivity contribution in [3.8, 4) is 17.0 Å². The lowest BCUT2D eigenvalue weighted by molar-refractivity contribution is 0.379. The van der Waals surface area contributed by atoms with Crippen molar-refractivity contribution in [3.63, 3.8) is 0 Å². The minimum absolute atomic E-state index is 0.166. The molecule has 3 aromatic carbocycles. The van der Waals surface area contributed by atoms with Crippen molar-refractivity contribution < 1.29 is 13.5 Å². The van der Waals surface area contributed by atoms with Gasteiger partial charge in [0.2, 0.25) is 0 Å². The van der Waals surface area contributed by atoms with Crippen molar-refractivity contribution in [2.45, 2.75) is 19.3 Å². The van der Waals surface area contributed by atoms with Gasteiger partial charge in [0, 0.05) is 22.2 Å². The second-order valence-electron chi connectivity index (χ2n) is 8.52. The number of fused-ring (bicyclic) bond motifs is 1. The summed E-state index contributed by atoms with van der Waals surface area (Å²) < 4.78 is 35.8. The second-order valence-corrected chi connectivity index (χ2v) is 8.52. The largest absolute Gasteiger partial charge is 0.493 e. The van der Waals surface area contributed by atoms with Crippen LogP contribution in [0.5, 0.6) is 5.75 Å². The molecule has 1 atom stereocenters. The van der Waals surface area contributed by atoms with Crippen LogP contribution < -0.4 is 16.2 Å². The molecule has 8 heteroatoms. The molecule has 0 amide bonds. The van der Waals surface area contributed by atoms with Gasteiger partial charge in [0.15, 0.2) is 11.6 Å². The third kappa shape index (κ3) is 4.00. The number of hydrogen-bond acceptors (Lipinski definition) is 5. The summed E-state index contributed by atoms with van der Waals surface area (Å²) in [5.41, 5.74) is 15.2. The predicted octanol–water partition coefficient (Wildman–Crippen LogP) is 5.82. The fraction of sp³-hybridized carbons (Fsp3) is 0.143. The molecule has 0 saturated carbocycles. The van der Waals surface area contributed by atoms with Crippen molar-refractivity contribution >= 4 is 22.3 Å². The monoisotopic (exact) mass is 485 g/mol. The van der Waals surface area contributed by atoms with Crippen molar-refractivity contribution in [3.05, 3.63) is 101 Å². The van der Waals surface area contributed by atoms with E-state index < -0.39 is 17.6 Å². The molecule has 0 aliphatic carbocycles. The molecule has 0 saturated heterocycles. The van der Waals surface area contributed by atoms with Crippen molar-refractivity contribution in [1.29, 1.82) is 0 Å². The van der Waals surface area contributed by atoms with Crippen LogP contribution >= 0.6 is 0 Å². The van der Waals surface area contributed by atoms with Crippen LogP contribution in [0.3, 0.4) is 0 Å². The number of aryl methyl sites for hydroxylation is 1. The number of nitrogens with zero attached hydrogens (tertiary/aromatic N) is 2. The van der Waals surface area contributed by atoms with E-state index in [1.54, 1.807) is 42.5 Å². The molecule has 6 nitrogen and oxygen atoms in total. The normalized spacial score (nSPS) is 12.1. The molecule has 5 aromatic rings. The first-order valence-corrected chi connectivity index (χ1v) is 11.5. The summed E-state index contributed by atoms with van der Waals surface area (Å²) in [4.78, 5) is 12.3. The van der Waals surface area contributed by atoms with Gasteiger partial charge in [0.1, 0.15) is 17.5 Å². The molecule has 0 bridgehead atoms. The second kappa shape index (κ2) is 9.30. The van der Waals surface area contributed by atoms with E-state index in [1.165, 1.54) is 19.4 Å². The molecule has 1 unspecified atom stereocenters. The minimum atomic E-state index is -0.779. The van der Waals surface area contributed by atoms with Gasteiger partial charge in [-0.2, -0.15) is 0 Å². The molecule has 5 N–H and O–H groups in total. The molecular formula is C28H25F2N5O. The van der Waals surface area contributed by atoms with Gasteiger partial charge in [-0.15, -0.1) is 0 Å². The van der Waals surface area contributed by atoms with E-state index in [1.807, 2.05) is 19.1 Å². The number of hydrogen-bond donors (Lipinski definition) is 3. The lowest BCUT2D eigenvalue weighted by atomic mass is 9.91. The Morgan fingerprint density at radius 2 is 1.83 bits per heavy atom. The maximum Gasteiger partial charge on any atom is 0.169 e. The molecule has 0 fully saturated rings. The predicted molar refractivity (Wildman–Crippen MR) is 138 cm³/mol. The number of aromatic amines is 1. The number of aromatic nitrogens is 3. The van der Waals surface area contributed by atoms with Crippen molar-refractivity contribution in [1.82, 2.24) is 15.0 Å². The molecule has 0 radical (unpaired) electrons. The Labute approximate surface area is 207 Å². The number of nitrogen functional groups attached to an aromatic ring is 2. The summed E-state index contributed by atoms with van der Waals surface area (Å²) in [5.74, 6) is -0.858. The highest BCUT2D eigenvalue weighted by Crippen LogP contribution is 2.38. The van der Waals surface area contributed by atoms with Gasteiger partial charge in [0.05, 0.1) is 30.6 Å². The number of H-pyrrole nitrogens is 1. The number of nitrogens with one attached hydrogen (secondary N) is 1. The average molecular weight is 486 g/mol. The molecular weight excluding hydrogens is 460 g/mol. The Bertz CT molecular complexity index is 1580. The zero-order valence-corrected chi connectivity index (χ0v) is 19.8. The molecule has 0 aliphatic heterocycles. The van der Waals surface area contributed by atoms with Gasteiger partial charge < -0.3 is 21.2 Å². The number of imidazole rings is 1. The number of nitrogens with two attached hydrogens (primary N) is 2. The highest BCUT2D eigenvalue weighted by molar-refractivity contribution is 5.93. The van der Waals surface area contributed by atoms with Crippen LogP contribution in [0.15, 0.2) is 66.9 Å². The Morgan fingerprint density at radius 3 is 2.58 bits per heavy atom. The minimum Gasteiger partial charge on any atom is -0.493 e. The molecule has 0 spiro atoms. The fourth-order valence-electron chi connectivity index (χ4n) is 4.55. The van der Waals surface area contributed by atoms with Gasteiger partial charge in [-0.25, -0.2) is 18.7 Å². The summed E-state index contributed by atoms with van der Waals surface area (Å²) in [7, 11) is 1.44. The van der Waals surface area contributed by atoms with E-state index in [0.29, 0.717) is 40.4 Å². The van der Waals surface area contributed by atoms with Gasteiger partial charge in [-0.3, -0.25) is 0 Å². The molecule has 182 valence electrons. The Morgan fingerprint density at radius 1 is 1.03 bits per heavy atom. The van der Waals surface area contributed by atoms with Crippen molar-refractivity contribution in [2.75, 3.05) is 18.6 Å². The zero-order valence-electron chi connectivity index (χ0n) is 19.8. The van der Waals surface area contributed by atoms with Gasteiger partial charge in [-0.1, -0.05) is 31.2 Å². The van der Waals surface area contributed by atoms with Gasteiger partial charge in [-0.05, 0) is 53.8 Å². The summed E-state index contributed by atoms with van der Waals surface area (Å²) in [6, 6.07) is 17.1. The van der Waals surface area contributed by atoms with Crippen LogP contribution in [0, 0.1) is 11.6 Å². The number of ether oxygens (including phenoxy) is 1. The Hall–Kier alpha value is -4.46. The van der Waals surface area contributed by atoms with Crippen LogP contribution in [0.1, 0.15) is 35.5 Å². The van der Waals surface area contributed by atoms with Crippen LogP contribution in [-0.4, -0.2) is 22.1 Å². The van der Waals surface area contributed by atoms with Crippen LogP contribution in [0.4, 0.5) is 20.3 Å². The lowest BCUT2D eigenvalue weighted by Gasteiger charge is -2.20. The number of benzene rings is 3. The van der Waals surface area contributed by atoms with E-state index in [9.17, 15) is 4.39 Å². The summed E-state index contributed by atoms with van der Waals surface area (Å²) in [5, 5.41) is 1.50. The molecule has 0 aliphatic rings. The number of rotatable bonds is 6. The lowest BCUT2D eigenvalue weighted by Crippen LogP contribution is -2.12. The summed E-state index contributed by atoms with van der Waals surface area (Å²) in [6.45, 7) is 1.93. The average Bonchev–Trinajstić information content (AvgIpc) is 3.34. The van der Waals surface area contributed by atoms with E-state index >= 15 is 4.39 Å². The highest BCUT2D eigenvalue weighted by atomic mass is 19.1. The quantitative estimate of drug-likeness (QED) is 0.263. The third-order valence-electron chi connectivity index (χ3n) is 6.34. The maximum absolute atomic E-state index is 15.9. The summed E-state index contributed by atoms with van der Waals surface area (Å²) >= 11 is 0. The Balaban J connectivity index is 1.75. The summed E-state index contributed by atoms with van der Waals surface area (Å²) in [6.07, 6.45) is 2.13.